The van der Waals surface area contributed by atoms with Gasteiger partial charge in [-0.2, -0.15) is 0 Å². The van der Waals surface area contributed by atoms with Gasteiger partial charge < -0.3 is 10.6 Å². The van der Waals surface area contributed by atoms with Crippen molar-refractivity contribution in [1.29, 1.82) is 0 Å². The van der Waals surface area contributed by atoms with Crippen LogP contribution in [0.5, 0.6) is 0 Å². The second-order valence-corrected chi connectivity index (χ2v) is 5.51. The Hall–Kier alpha value is -1.56. The molecule has 0 fully saturated rings. The minimum Gasteiger partial charge on any atom is -0.359 e. The molecule has 0 unspecified atom stereocenters. The third kappa shape index (κ3) is 4.25. The number of hydrogen-bond acceptors (Lipinski definition) is 6. The Labute approximate surface area is 160 Å². The van der Waals surface area contributed by atoms with Gasteiger partial charge >= 0.3 is 0 Å². The zero-order valence-corrected chi connectivity index (χ0v) is 17.2. The number of benzene rings is 2. The second kappa shape index (κ2) is 8.34. The molecule has 23 heavy (non-hydrogen) atoms. The average Bonchev–Trinajstić information content (AvgIpc) is 2.57. The Bertz CT molecular complexity index is 659. The molecule has 4 rings (SSSR count). The van der Waals surface area contributed by atoms with E-state index in [1.54, 1.807) is 8.61 Å². The number of rotatable bonds is 0. The van der Waals surface area contributed by atoms with Crippen molar-refractivity contribution in [3.8, 4) is 0 Å². The smallest absolute Gasteiger partial charge is 0.0751 e. The fraction of sp³-hybridized carbons (Fsp3) is 0. The molecule has 2 aliphatic heterocycles. The molecule has 0 amide bonds. The van der Waals surface area contributed by atoms with Gasteiger partial charge in [-0.05, 0) is 24.3 Å². The van der Waals surface area contributed by atoms with Crippen molar-refractivity contribution in [3.05, 3.63) is 73.3 Å². The molecular weight excluding hydrogens is 378 g/mol. The maximum absolute atomic E-state index is 4.25. The van der Waals surface area contributed by atoms with E-state index >= 15 is 0 Å². The van der Waals surface area contributed by atoms with Gasteiger partial charge in [0, 0.05) is 44.3 Å². The van der Waals surface area contributed by atoms with Crippen LogP contribution in [0.15, 0.2) is 73.3 Å². The van der Waals surface area contributed by atoms with E-state index in [1.165, 1.54) is 0 Å². The van der Waals surface area contributed by atoms with Crippen molar-refractivity contribution in [2.75, 3.05) is 19.2 Å². The molecule has 2 aromatic carbocycles. The molecular formula is C16H16N4S2Zn. The first-order valence-electron chi connectivity index (χ1n) is 6.76. The number of nitrogens with one attached hydrogen (secondary N) is 2. The summed E-state index contributed by atoms with van der Waals surface area (Å²) in [7, 11) is 0. The first kappa shape index (κ1) is 17.8. The van der Waals surface area contributed by atoms with E-state index in [0.717, 1.165) is 22.7 Å². The zero-order chi connectivity index (χ0) is 15.4. The van der Waals surface area contributed by atoms with E-state index < -0.39 is 0 Å². The predicted octanol–water partition coefficient (Wildman–Crippen LogP) is 4.47. The van der Waals surface area contributed by atoms with Crippen LogP contribution in [0, 0.1) is 0 Å². The first-order valence-corrected chi connectivity index (χ1v) is 7.56. The van der Waals surface area contributed by atoms with Crippen LogP contribution in [0.25, 0.3) is 0 Å². The third-order valence-electron chi connectivity index (χ3n) is 3.21. The van der Waals surface area contributed by atoms with Gasteiger partial charge in [-0.1, -0.05) is 49.9 Å². The van der Waals surface area contributed by atoms with Crippen LogP contribution in [-0.2, 0) is 19.5 Å². The Morgan fingerprint density at radius 1 is 0.652 bits per heavy atom. The summed E-state index contributed by atoms with van der Waals surface area (Å²) in [6.45, 7) is 0. The summed E-state index contributed by atoms with van der Waals surface area (Å²) in [5, 5.41) is 6.24. The van der Waals surface area contributed by atoms with Crippen LogP contribution >= 0.6 is 25.6 Å². The van der Waals surface area contributed by atoms with Crippen molar-refractivity contribution in [2.24, 2.45) is 0 Å². The molecule has 2 heterocycles. The quantitative estimate of drug-likeness (QED) is 0.393. The number of fused-ring (bicyclic) bond motifs is 2. The minimum atomic E-state index is 0. The topological polar surface area (TPSA) is 30.5 Å². The molecule has 4 nitrogen and oxygen atoms in total. The van der Waals surface area contributed by atoms with Crippen LogP contribution < -0.4 is 19.2 Å². The molecule has 0 saturated carbocycles. The summed E-state index contributed by atoms with van der Waals surface area (Å²) < 4.78 is 3.57. The Kier molecular flexibility index (Phi) is 6.45. The number of anilines is 4. The number of thiol groups is 2. The number of nitrogens with zero attached hydrogens (tertiary/aromatic N) is 2. The summed E-state index contributed by atoms with van der Waals surface area (Å²) in [6, 6.07) is 16.0. The fourth-order valence-corrected chi connectivity index (χ4v) is 2.63. The van der Waals surface area contributed by atoms with Crippen molar-refractivity contribution in [3.63, 3.8) is 0 Å². The Morgan fingerprint density at radius 3 is 1.43 bits per heavy atom. The normalized spacial score (nSPS) is 13.5. The van der Waals surface area contributed by atoms with Crippen LogP contribution in [0.3, 0.4) is 0 Å². The molecule has 0 spiro atoms. The SMILES string of the molecule is SN1C=CNc2ccccc21.SN1C=CNc2ccccc21.[Zn]. The van der Waals surface area contributed by atoms with Gasteiger partial charge in [0.2, 0.25) is 0 Å². The summed E-state index contributed by atoms with van der Waals surface area (Å²) in [4.78, 5) is 0. The third-order valence-corrected chi connectivity index (χ3v) is 3.91. The summed E-state index contributed by atoms with van der Waals surface area (Å²) >= 11 is 8.49. The molecule has 2 N–H and O–H groups in total. The standard InChI is InChI=1S/2C8H8N2S.Zn/c2*11-10-6-5-9-7-3-1-2-4-8(7)10;/h2*1-6,9,11H;. The molecule has 2 aromatic rings. The minimum absolute atomic E-state index is 0. The predicted molar refractivity (Wildman–Crippen MR) is 101 cm³/mol. The van der Waals surface area contributed by atoms with Gasteiger partial charge in [-0.3, -0.25) is 8.61 Å². The summed E-state index contributed by atoms with van der Waals surface area (Å²) in [5.74, 6) is 0. The Morgan fingerprint density at radius 2 is 1.04 bits per heavy atom. The molecule has 2 aliphatic rings. The van der Waals surface area contributed by atoms with Crippen molar-refractivity contribution in [1.82, 2.24) is 0 Å². The monoisotopic (exact) mass is 392 g/mol. The van der Waals surface area contributed by atoms with Gasteiger partial charge in [0.1, 0.15) is 0 Å². The molecule has 0 aliphatic carbocycles. The van der Waals surface area contributed by atoms with Crippen LogP contribution in [0.4, 0.5) is 22.7 Å². The van der Waals surface area contributed by atoms with E-state index in [2.05, 4.69) is 36.3 Å². The fourth-order valence-electron chi connectivity index (χ4n) is 2.15. The van der Waals surface area contributed by atoms with E-state index in [9.17, 15) is 0 Å². The Balaban J connectivity index is 0.000000160. The van der Waals surface area contributed by atoms with Crippen molar-refractivity contribution >= 4 is 48.4 Å². The maximum Gasteiger partial charge on any atom is 0.0751 e. The van der Waals surface area contributed by atoms with Gasteiger partial charge in [0.15, 0.2) is 0 Å². The number of para-hydroxylation sites is 4. The molecule has 0 saturated heterocycles. The van der Waals surface area contributed by atoms with Gasteiger partial charge in [-0.15, -0.1) is 0 Å². The molecule has 0 atom stereocenters. The first-order chi connectivity index (χ1) is 10.8. The average molecular weight is 394 g/mol. The maximum atomic E-state index is 4.25. The molecule has 0 radical (unpaired) electrons. The summed E-state index contributed by atoms with van der Waals surface area (Å²) in [5.41, 5.74) is 4.34. The zero-order valence-electron chi connectivity index (χ0n) is 12.4. The van der Waals surface area contributed by atoms with Gasteiger partial charge in [0.25, 0.3) is 0 Å². The summed E-state index contributed by atoms with van der Waals surface area (Å²) in [6.07, 6.45) is 7.45. The van der Waals surface area contributed by atoms with Crippen LogP contribution in [0.2, 0.25) is 0 Å². The van der Waals surface area contributed by atoms with Crippen molar-refractivity contribution < 1.29 is 19.5 Å². The van der Waals surface area contributed by atoms with E-state index in [4.69, 9.17) is 0 Å². The van der Waals surface area contributed by atoms with E-state index in [-0.39, 0.29) is 19.5 Å². The molecule has 0 aromatic heterocycles. The van der Waals surface area contributed by atoms with Crippen LogP contribution in [0.1, 0.15) is 0 Å². The van der Waals surface area contributed by atoms with E-state index in [0.29, 0.717) is 0 Å². The van der Waals surface area contributed by atoms with E-state index in [1.807, 2.05) is 73.3 Å². The van der Waals surface area contributed by atoms with Gasteiger partial charge in [0.05, 0.1) is 22.7 Å². The second-order valence-electron chi connectivity index (χ2n) is 4.64. The molecule has 7 heteroatoms. The van der Waals surface area contributed by atoms with Crippen molar-refractivity contribution in [2.45, 2.75) is 0 Å². The van der Waals surface area contributed by atoms with Gasteiger partial charge in [-0.25, -0.2) is 0 Å². The molecule has 0 bridgehead atoms. The number of hydrogen-bond donors (Lipinski definition) is 4. The molecule has 114 valence electrons. The van der Waals surface area contributed by atoms with Crippen LogP contribution in [-0.4, -0.2) is 0 Å². The largest absolute Gasteiger partial charge is 0.359 e.